The molecule has 1 heterocycles. The van der Waals surface area contributed by atoms with Crippen LogP contribution in [-0.2, 0) is 0 Å². The van der Waals surface area contributed by atoms with Crippen molar-refractivity contribution in [3.8, 4) is 17.0 Å². The lowest BCUT2D eigenvalue weighted by atomic mass is 10.00. The highest BCUT2D eigenvalue weighted by Crippen LogP contribution is 2.33. The van der Waals surface area contributed by atoms with Gasteiger partial charge in [-0.15, -0.1) is 10.2 Å². The Morgan fingerprint density at radius 2 is 2.06 bits per heavy atom. The summed E-state index contributed by atoms with van der Waals surface area (Å²) in [6.45, 7) is 4.26. The number of rotatable bonds is 3. The third-order valence-corrected chi connectivity index (χ3v) is 3.00. The molecule has 0 aliphatic carbocycles. The Hall–Kier alpha value is -1.68. The fraction of sp³-hybridized carbons (Fsp3) is 0.308. The van der Waals surface area contributed by atoms with Crippen LogP contribution in [0.2, 0.25) is 5.15 Å². The molecule has 0 amide bonds. The van der Waals surface area contributed by atoms with Gasteiger partial charge in [-0.25, -0.2) is 4.98 Å². The predicted molar refractivity (Wildman–Crippen MR) is 70.9 cm³/mol. The van der Waals surface area contributed by atoms with E-state index in [1.54, 1.807) is 7.11 Å². The summed E-state index contributed by atoms with van der Waals surface area (Å²) < 4.78 is 5.39. The first-order chi connectivity index (χ1) is 8.63. The van der Waals surface area contributed by atoms with E-state index >= 15 is 0 Å². The fourth-order valence-electron chi connectivity index (χ4n) is 1.69. The lowest BCUT2D eigenvalue weighted by Crippen LogP contribution is -1.96. The number of benzene rings is 1. The summed E-state index contributed by atoms with van der Waals surface area (Å²) in [5.41, 5.74) is 2.53. The third kappa shape index (κ3) is 2.43. The van der Waals surface area contributed by atoms with Crippen molar-refractivity contribution in [3.05, 3.63) is 35.2 Å². The van der Waals surface area contributed by atoms with Crippen molar-refractivity contribution in [3.63, 3.8) is 0 Å². The number of nitrogens with zero attached hydrogens (tertiary/aromatic N) is 3. The van der Waals surface area contributed by atoms with Gasteiger partial charge in [-0.2, -0.15) is 0 Å². The van der Waals surface area contributed by atoms with Crippen molar-refractivity contribution in [2.45, 2.75) is 19.8 Å². The van der Waals surface area contributed by atoms with E-state index in [0.29, 0.717) is 16.8 Å². The monoisotopic (exact) mass is 263 g/mol. The van der Waals surface area contributed by atoms with Gasteiger partial charge in [0.2, 0.25) is 0 Å². The van der Waals surface area contributed by atoms with Gasteiger partial charge in [0.25, 0.3) is 0 Å². The van der Waals surface area contributed by atoms with Crippen LogP contribution in [0.25, 0.3) is 11.3 Å². The summed E-state index contributed by atoms with van der Waals surface area (Å²) >= 11 is 6.02. The molecule has 0 bridgehead atoms. The Morgan fingerprint density at radius 1 is 1.28 bits per heavy atom. The average molecular weight is 264 g/mol. The van der Waals surface area contributed by atoms with E-state index in [1.165, 1.54) is 11.9 Å². The second-order valence-corrected chi connectivity index (χ2v) is 4.57. The van der Waals surface area contributed by atoms with Crippen LogP contribution in [0.15, 0.2) is 24.5 Å². The van der Waals surface area contributed by atoms with Gasteiger partial charge < -0.3 is 4.74 Å². The Bertz CT molecular complexity index is 558. The molecular formula is C13H14ClN3O. The van der Waals surface area contributed by atoms with Crippen LogP contribution in [0.3, 0.4) is 0 Å². The minimum absolute atomic E-state index is 0.320. The van der Waals surface area contributed by atoms with E-state index in [1.807, 2.05) is 18.2 Å². The second kappa shape index (κ2) is 5.31. The van der Waals surface area contributed by atoms with E-state index in [-0.39, 0.29) is 0 Å². The molecule has 2 rings (SSSR count). The number of aromatic nitrogens is 3. The Balaban J connectivity index is 2.55. The molecule has 94 valence electrons. The first kappa shape index (κ1) is 12.8. The van der Waals surface area contributed by atoms with Crippen LogP contribution in [0.1, 0.15) is 25.3 Å². The first-order valence-electron chi connectivity index (χ1n) is 5.65. The number of hydrogen-bond acceptors (Lipinski definition) is 4. The molecule has 0 saturated heterocycles. The van der Waals surface area contributed by atoms with Crippen LogP contribution in [-0.4, -0.2) is 22.3 Å². The van der Waals surface area contributed by atoms with Crippen LogP contribution >= 0.6 is 11.6 Å². The SMILES string of the molecule is COc1cc(C(C)C)ccc1-c1nncnc1Cl. The first-order valence-corrected chi connectivity index (χ1v) is 6.02. The quantitative estimate of drug-likeness (QED) is 0.852. The molecule has 18 heavy (non-hydrogen) atoms. The summed E-state index contributed by atoms with van der Waals surface area (Å²) in [5, 5.41) is 8.08. The molecule has 0 radical (unpaired) electrons. The average Bonchev–Trinajstić information content (AvgIpc) is 2.38. The zero-order valence-corrected chi connectivity index (χ0v) is 11.3. The van der Waals surface area contributed by atoms with E-state index in [2.05, 4.69) is 29.0 Å². The minimum Gasteiger partial charge on any atom is -0.496 e. The summed E-state index contributed by atoms with van der Waals surface area (Å²) in [6.07, 6.45) is 1.32. The smallest absolute Gasteiger partial charge is 0.159 e. The molecule has 0 spiro atoms. The van der Waals surface area contributed by atoms with Crippen molar-refractivity contribution in [1.82, 2.24) is 15.2 Å². The Kier molecular flexibility index (Phi) is 3.77. The maximum absolute atomic E-state index is 6.02. The molecule has 2 aromatic rings. The van der Waals surface area contributed by atoms with Crippen molar-refractivity contribution < 1.29 is 4.74 Å². The highest BCUT2D eigenvalue weighted by Gasteiger charge is 2.13. The fourth-order valence-corrected chi connectivity index (χ4v) is 1.87. The lowest BCUT2D eigenvalue weighted by Gasteiger charge is -2.12. The molecule has 0 atom stereocenters. The molecule has 0 unspecified atom stereocenters. The van der Waals surface area contributed by atoms with Gasteiger partial charge in [0.05, 0.1) is 7.11 Å². The topological polar surface area (TPSA) is 47.9 Å². The predicted octanol–water partition coefficient (Wildman–Crippen LogP) is 3.32. The Morgan fingerprint density at radius 3 is 2.67 bits per heavy atom. The van der Waals surface area contributed by atoms with E-state index in [9.17, 15) is 0 Å². The molecular weight excluding hydrogens is 250 g/mol. The minimum atomic E-state index is 0.320. The zero-order chi connectivity index (χ0) is 13.1. The maximum Gasteiger partial charge on any atom is 0.159 e. The second-order valence-electron chi connectivity index (χ2n) is 4.21. The molecule has 1 aromatic heterocycles. The maximum atomic E-state index is 6.02. The molecule has 0 aliphatic heterocycles. The van der Waals surface area contributed by atoms with Crippen LogP contribution in [0.4, 0.5) is 0 Å². The number of methoxy groups -OCH3 is 1. The summed E-state index contributed by atoms with van der Waals surface area (Å²) in [7, 11) is 1.63. The summed E-state index contributed by atoms with van der Waals surface area (Å²) in [6, 6.07) is 5.96. The van der Waals surface area contributed by atoms with Crippen molar-refractivity contribution in [2.24, 2.45) is 0 Å². The summed E-state index contributed by atoms with van der Waals surface area (Å²) in [4.78, 5) is 3.92. The zero-order valence-electron chi connectivity index (χ0n) is 10.5. The van der Waals surface area contributed by atoms with Crippen molar-refractivity contribution >= 4 is 11.6 Å². The van der Waals surface area contributed by atoms with E-state index in [0.717, 1.165) is 11.3 Å². The number of ether oxygens (including phenoxy) is 1. The molecule has 0 N–H and O–H groups in total. The Labute approximate surface area is 111 Å². The summed E-state index contributed by atoms with van der Waals surface area (Å²) in [5.74, 6) is 1.16. The van der Waals surface area contributed by atoms with Crippen molar-refractivity contribution in [2.75, 3.05) is 7.11 Å². The molecule has 5 heteroatoms. The largest absolute Gasteiger partial charge is 0.496 e. The molecule has 4 nitrogen and oxygen atoms in total. The standard InChI is InChI=1S/C13H14ClN3O/c1-8(2)9-4-5-10(11(6-9)18-3)12-13(14)15-7-16-17-12/h4-8H,1-3H3. The molecule has 0 saturated carbocycles. The van der Waals surface area contributed by atoms with Gasteiger partial charge in [-0.05, 0) is 23.6 Å². The molecule has 0 aliphatic rings. The molecule has 0 fully saturated rings. The van der Waals surface area contributed by atoms with E-state index in [4.69, 9.17) is 16.3 Å². The normalized spacial score (nSPS) is 10.7. The van der Waals surface area contributed by atoms with Gasteiger partial charge >= 0.3 is 0 Å². The van der Waals surface area contributed by atoms with Crippen LogP contribution < -0.4 is 4.74 Å². The highest BCUT2D eigenvalue weighted by atomic mass is 35.5. The van der Waals surface area contributed by atoms with Gasteiger partial charge in [0, 0.05) is 5.56 Å². The van der Waals surface area contributed by atoms with Crippen LogP contribution in [0, 0.1) is 0 Å². The number of hydrogen-bond donors (Lipinski definition) is 0. The van der Waals surface area contributed by atoms with Crippen LogP contribution in [0.5, 0.6) is 5.75 Å². The third-order valence-electron chi connectivity index (χ3n) is 2.72. The lowest BCUT2D eigenvalue weighted by molar-refractivity contribution is 0.415. The number of halogens is 1. The van der Waals surface area contributed by atoms with Gasteiger partial charge in [0.15, 0.2) is 5.15 Å². The van der Waals surface area contributed by atoms with Crippen molar-refractivity contribution in [1.29, 1.82) is 0 Å². The van der Waals surface area contributed by atoms with E-state index < -0.39 is 0 Å². The van der Waals surface area contributed by atoms with Gasteiger partial charge in [-0.3, -0.25) is 0 Å². The van der Waals surface area contributed by atoms with Gasteiger partial charge in [0.1, 0.15) is 17.8 Å². The van der Waals surface area contributed by atoms with Gasteiger partial charge in [-0.1, -0.05) is 31.5 Å². The molecule has 1 aromatic carbocycles. The highest BCUT2D eigenvalue weighted by molar-refractivity contribution is 6.31.